The molecule has 1 amide bonds. The van der Waals surface area contributed by atoms with Gasteiger partial charge in [0.2, 0.25) is 0 Å². The van der Waals surface area contributed by atoms with Gasteiger partial charge in [0.05, 0.1) is 17.8 Å². The highest BCUT2D eigenvalue weighted by Gasteiger charge is 2.18. The van der Waals surface area contributed by atoms with E-state index in [0.29, 0.717) is 18.7 Å². The third-order valence-corrected chi connectivity index (χ3v) is 3.35. The van der Waals surface area contributed by atoms with Crippen molar-refractivity contribution in [1.29, 1.82) is 0 Å². The fourth-order valence-corrected chi connectivity index (χ4v) is 2.20. The second-order valence-corrected chi connectivity index (χ2v) is 5.11. The third-order valence-electron chi connectivity index (χ3n) is 3.35. The number of carbonyl (C=O) groups excluding carboxylic acids is 1. The highest BCUT2D eigenvalue weighted by molar-refractivity contribution is 5.96. The average Bonchev–Trinajstić information content (AvgIpc) is 2.44. The van der Waals surface area contributed by atoms with Crippen molar-refractivity contribution in [1.82, 2.24) is 9.88 Å². The Hall–Kier alpha value is -2.36. The van der Waals surface area contributed by atoms with Crippen LogP contribution in [0, 0.1) is 13.8 Å². The first-order valence-corrected chi connectivity index (χ1v) is 7.02. The number of aromatic hydroxyl groups is 1. The van der Waals surface area contributed by atoms with E-state index in [0.717, 1.165) is 17.0 Å². The molecule has 1 aromatic heterocycles. The maximum absolute atomic E-state index is 12.5. The second kappa shape index (κ2) is 6.39. The number of aryl methyl sites for hydroxylation is 2. The number of benzene rings is 1. The van der Waals surface area contributed by atoms with Crippen LogP contribution >= 0.6 is 0 Å². The monoisotopic (exact) mass is 284 g/mol. The lowest BCUT2D eigenvalue weighted by atomic mass is 10.1. The van der Waals surface area contributed by atoms with E-state index in [9.17, 15) is 9.90 Å². The fraction of sp³-hybridized carbons (Fsp3) is 0.294. The van der Waals surface area contributed by atoms with Crippen LogP contribution in [0.5, 0.6) is 5.75 Å². The number of amides is 1. The molecule has 0 unspecified atom stereocenters. The number of rotatable bonds is 4. The predicted octanol–water partition coefficient (Wildman–Crippen LogP) is 3.07. The van der Waals surface area contributed by atoms with E-state index in [-0.39, 0.29) is 11.7 Å². The molecule has 0 aliphatic carbocycles. The van der Waals surface area contributed by atoms with Gasteiger partial charge in [0.1, 0.15) is 5.75 Å². The van der Waals surface area contributed by atoms with Gasteiger partial charge in [-0.3, -0.25) is 9.78 Å². The lowest BCUT2D eigenvalue weighted by molar-refractivity contribution is 0.0747. The first-order chi connectivity index (χ1) is 10.0. The lowest BCUT2D eigenvalue weighted by Crippen LogP contribution is -2.30. The molecule has 0 spiro atoms. The number of pyridine rings is 1. The summed E-state index contributed by atoms with van der Waals surface area (Å²) in [5, 5.41) is 9.95. The zero-order chi connectivity index (χ0) is 15.4. The van der Waals surface area contributed by atoms with Crippen molar-refractivity contribution in [2.75, 3.05) is 6.54 Å². The molecule has 1 N–H and O–H groups in total. The Bertz CT molecular complexity index is 653. The Morgan fingerprint density at radius 2 is 2.00 bits per heavy atom. The van der Waals surface area contributed by atoms with Gasteiger partial charge in [-0.2, -0.15) is 0 Å². The van der Waals surface area contributed by atoms with Gasteiger partial charge in [0.15, 0.2) is 0 Å². The number of aromatic nitrogens is 1. The van der Waals surface area contributed by atoms with Gasteiger partial charge in [-0.15, -0.1) is 0 Å². The van der Waals surface area contributed by atoms with Crippen molar-refractivity contribution in [3.8, 4) is 5.75 Å². The molecule has 21 heavy (non-hydrogen) atoms. The standard InChI is InChI=1S/C17H20N2O2/c1-4-19(11-14-7-5-6-13(3)18-14)17(21)15-9-8-12(2)10-16(15)20/h5-10,20H,4,11H2,1-3H3. The summed E-state index contributed by atoms with van der Waals surface area (Å²) in [6.07, 6.45) is 0. The first-order valence-electron chi connectivity index (χ1n) is 7.02. The molecule has 1 heterocycles. The molecule has 2 aromatic rings. The van der Waals surface area contributed by atoms with E-state index in [2.05, 4.69) is 4.98 Å². The van der Waals surface area contributed by atoms with Crippen LogP contribution in [0.3, 0.4) is 0 Å². The Morgan fingerprint density at radius 3 is 2.62 bits per heavy atom. The molecule has 110 valence electrons. The SMILES string of the molecule is CCN(Cc1cccc(C)n1)C(=O)c1ccc(C)cc1O. The minimum absolute atomic E-state index is 0.0238. The van der Waals surface area contributed by atoms with Gasteiger partial charge in [-0.1, -0.05) is 12.1 Å². The van der Waals surface area contributed by atoms with Crippen LogP contribution in [0.4, 0.5) is 0 Å². The molecule has 2 rings (SSSR count). The van der Waals surface area contributed by atoms with Crippen molar-refractivity contribution in [2.24, 2.45) is 0 Å². The van der Waals surface area contributed by atoms with Crippen molar-refractivity contribution >= 4 is 5.91 Å². The van der Waals surface area contributed by atoms with E-state index in [1.165, 1.54) is 0 Å². The number of hydrogen-bond donors (Lipinski definition) is 1. The van der Waals surface area contributed by atoms with Crippen LogP contribution in [0.2, 0.25) is 0 Å². The smallest absolute Gasteiger partial charge is 0.257 e. The van der Waals surface area contributed by atoms with Gasteiger partial charge in [-0.25, -0.2) is 0 Å². The number of carbonyl (C=O) groups is 1. The number of phenolic OH excluding ortho intramolecular Hbond substituents is 1. The largest absolute Gasteiger partial charge is 0.507 e. The van der Waals surface area contributed by atoms with Crippen molar-refractivity contribution in [3.63, 3.8) is 0 Å². The number of nitrogens with zero attached hydrogens (tertiary/aromatic N) is 2. The summed E-state index contributed by atoms with van der Waals surface area (Å²) in [6.45, 7) is 6.71. The van der Waals surface area contributed by atoms with Gasteiger partial charge in [0, 0.05) is 12.2 Å². The summed E-state index contributed by atoms with van der Waals surface area (Å²) in [5.41, 5.74) is 3.02. The molecule has 0 aliphatic heterocycles. The Balaban J connectivity index is 2.22. The minimum atomic E-state index is -0.182. The van der Waals surface area contributed by atoms with Gasteiger partial charge in [0.25, 0.3) is 5.91 Å². The molecule has 4 heteroatoms. The summed E-state index contributed by atoms with van der Waals surface area (Å²) in [4.78, 5) is 18.6. The Morgan fingerprint density at radius 1 is 1.24 bits per heavy atom. The molecule has 4 nitrogen and oxygen atoms in total. The zero-order valence-electron chi connectivity index (χ0n) is 12.6. The average molecular weight is 284 g/mol. The second-order valence-electron chi connectivity index (χ2n) is 5.11. The zero-order valence-corrected chi connectivity index (χ0v) is 12.6. The van der Waals surface area contributed by atoms with Gasteiger partial charge >= 0.3 is 0 Å². The molecule has 0 bridgehead atoms. The molecule has 0 radical (unpaired) electrons. The predicted molar refractivity (Wildman–Crippen MR) is 82.2 cm³/mol. The fourth-order valence-electron chi connectivity index (χ4n) is 2.20. The normalized spacial score (nSPS) is 10.4. The van der Waals surface area contributed by atoms with Crippen LogP contribution in [-0.2, 0) is 6.54 Å². The topological polar surface area (TPSA) is 53.4 Å². The molecular weight excluding hydrogens is 264 g/mol. The summed E-state index contributed by atoms with van der Waals surface area (Å²) in [7, 11) is 0. The van der Waals surface area contributed by atoms with E-state index < -0.39 is 0 Å². The molecule has 0 saturated heterocycles. The third kappa shape index (κ3) is 3.60. The van der Waals surface area contributed by atoms with E-state index in [4.69, 9.17) is 0 Å². The van der Waals surface area contributed by atoms with Crippen molar-refractivity contribution in [3.05, 3.63) is 58.9 Å². The van der Waals surface area contributed by atoms with Crippen molar-refractivity contribution < 1.29 is 9.90 Å². The van der Waals surface area contributed by atoms with Crippen LogP contribution < -0.4 is 0 Å². The number of phenols is 1. The van der Waals surface area contributed by atoms with Crippen LogP contribution in [-0.4, -0.2) is 27.4 Å². The maximum atomic E-state index is 12.5. The maximum Gasteiger partial charge on any atom is 0.257 e. The van der Waals surface area contributed by atoms with Crippen molar-refractivity contribution in [2.45, 2.75) is 27.3 Å². The summed E-state index contributed by atoms with van der Waals surface area (Å²) in [5.74, 6) is -0.158. The summed E-state index contributed by atoms with van der Waals surface area (Å²) in [6, 6.07) is 10.8. The van der Waals surface area contributed by atoms with Crippen LogP contribution in [0.15, 0.2) is 36.4 Å². The first kappa shape index (κ1) is 15.0. The highest BCUT2D eigenvalue weighted by Crippen LogP contribution is 2.21. The van der Waals surface area contributed by atoms with E-state index >= 15 is 0 Å². The van der Waals surface area contributed by atoms with Crippen LogP contribution in [0.25, 0.3) is 0 Å². The minimum Gasteiger partial charge on any atom is -0.507 e. The number of hydrogen-bond acceptors (Lipinski definition) is 3. The molecular formula is C17H20N2O2. The van der Waals surface area contributed by atoms with Gasteiger partial charge < -0.3 is 10.0 Å². The van der Waals surface area contributed by atoms with E-state index in [1.807, 2.05) is 45.0 Å². The Labute approximate surface area is 125 Å². The molecule has 0 atom stereocenters. The highest BCUT2D eigenvalue weighted by atomic mass is 16.3. The van der Waals surface area contributed by atoms with Gasteiger partial charge in [-0.05, 0) is 50.6 Å². The Kier molecular flexibility index (Phi) is 4.58. The molecule has 0 fully saturated rings. The summed E-state index contributed by atoms with van der Waals surface area (Å²) < 4.78 is 0. The molecule has 1 aromatic carbocycles. The summed E-state index contributed by atoms with van der Waals surface area (Å²) >= 11 is 0. The molecule has 0 saturated carbocycles. The molecule has 0 aliphatic rings. The lowest BCUT2D eigenvalue weighted by Gasteiger charge is -2.21. The quantitative estimate of drug-likeness (QED) is 0.938. The van der Waals surface area contributed by atoms with Crippen LogP contribution in [0.1, 0.15) is 34.2 Å². The van der Waals surface area contributed by atoms with E-state index in [1.54, 1.807) is 17.0 Å².